The number of nitrogens with one attached hydrogen (secondary N) is 1. The molecular weight excluding hydrogens is 392 g/mol. The average Bonchev–Trinajstić information content (AvgIpc) is 3.25. The molecule has 1 N–H and O–H groups in total. The van der Waals surface area contributed by atoms with Crippen LogP contribution >= 0.6 is 0 Å². The van der Waals surface area contributed by atoms with Crippen molar-refractivity contribution in [2.45, 2.75) is 56.9 Å². The summed E-state index contributed by atoms with van der Waals surface area (Å²) >= 11 is 0. The summed E-state index contributed by atoms with van der Waals surface area (Å²) in [4.78, 5) is 24.5. The summed E-state index contributed by atoms with van der Waals surface area (Å²) in [6, 6.07) is 5.78. The van der Waals surface area contributed by atoms with E-state index in [1.54, 1.807) is 0 Å². The van der Waals surface area contributed by atoms with E-state index >= 15 is 0 Å². The van der Waals surface area contributed by atoms with Gasteiger partial charge in [-0.2, -0.15) is 4.31 Å². The zero-order valence-corrected chi connectivity index (χ0v) is 17.9. The van der Waals surface area contributed by atoms with Gasteiger partial charge in [-0.25, -0.2) is 13.2 Å². The summed E-state index contributed by atoms with van der Waals surface area (Å²) < 4.78 is 31.6. The molecule has 0 spiro atoms. The first kappa shape index (κ1) is 21.8. The SMILES string of the molecule is C[C@@H]1[C@@H](C)CCC[C@H]1NC(=O)COC(=O)c1ccc(S(=O)(=O)N2CCCC2)cc1. The Labute approximate surface area is 172 Å². The third-order valence-electron chi connectivity index (χ3n) is 6.18. The summed E-state index contributed by atoms with van der Waals surface area (Å²) in [5, 5.41) is 2.97. The minimum absolute atomic E-state index is 0.111. The van der Waals surface area contributed by atoms with Gasteiger partial charge in [0.15, 0.2) is 6.61 Å². The molecule has 29 heavy (non-hydrogen) atoms. The van der Waals surface area contributed by atoms with Crippen molar-refractivity contribution >= 4 is 21.9 Å². The predicted molar refractivity (Wildman–Crippen MR) is 109 cm³/mol. The lowest BCUT2D eigenvalue weighted by atomic mass is 9.78. The number of hydrogen-bond acceptors (Lipinski definition) is 5. The van der Waals surface area contributed by atoms with Crippen LogP contribution in [0.1, 0.15) is 56.3 Å². The molecule has 1 aliphatic heterocycles. The lowest BCUT2D eigenvalue weighted by molar-refractivity contribution is -0.125. The highest BCUT2D eigenvalue weighted by Gasteiger charge is 2.29. The molecule has 1 heterocycles. The summed E-state index contributed by atoms with van der Waals surface area (Å²) in [6.07, 6.45) is 4.93. The first-order chi connectivity index (χ1) is 13.8. The fourth-order valence-corrected chi connectivity index (χ4v) is 5.61. The van der Waals surface area contributed by atoms with E-state index in [4.69, 9.17) is 4.74 Å². The Bertz CT molecular complexity index is 831. The van der Waals surface area contributed by atoms with Crippen LogP contribution in [0, 0.1) is 11.8 Å². The third-order valence-corrected chi connectivity index (χ3v) is 8.09. The van der Waals surface area contributed by atoms with Crippen LogP contribution < -0.4 is 5.32 Å². The standard InChI is InChI=1S/C21H30N2O5S/c1-15-6-5-7-19(16(15)2)22-20(24)14-28-21(25)17-8-10-18(11-9-17)29(26,27)23-12-3-4-13-23/h8-11,15-16,19H,3-7,12-14H2,1-2H3,(H,22,24)/t15-,16+,19+/m0/s1. The molecule has 8 heteroatoms. The van der Waals surface area contributed by atoms with E-state index in [1.165, 1.54) is 35.0 Å². The molecule has 0 unspecified atom stereocenters. The summed E-state index contributed by atoms with van der Waals surface area (Å²) in [6.45, 7) is 5.04. The normalized spacial score (nSPS) is 25.5. The van der Waals surface area contributed by atoms with Crippen LogP contribution in [0.5, 0.6) is 0 Å². The van der Waals surface area contributed by atoms with E-state index < -0.39 is 16.0 Å². The number of hydrogen-bond donors (Lipinski definition) is 1. The van der Waals surface area contributed by atoms with E-state index in [-0.39, 0.29) is 29.0 Å². The number of amides is 1. The molecule has 160 valence electrons. The second kappa shape index (κ2) is 9.26. The van der Waals surface area contributed by atoms with Crippen molar-refractivity contribution in [3.63, 3.8) is 0 Å². The molecule has 2 fully saturated rings. The van der Waals surface area contributed by atoms with Gasteiger partial charge in [0.25, 0.3) is 5.91 Å². The Kier molecular flexibility index (Phi) is 6.95. The van der Waals surface area contributed by atoms with Crippen LogP contribution in [0.4, 0.5) is 0 Å². The number of carbonyl (C=O) groups is 2. The van der Waals surface area contributed by atoms with Crippen LogP contribution in [0.2, 0.25) is 0 Å². The molecule has 1 aromatic carbocycles. The van der Waals surface area contributed by atoms with Gasteiger partial charge >= 0.3 is 5.97 Å². The highest BCUT2D eigenvalue weighted by molar-refractivity contribution is 7.89. The van der Waals surface area contributed by atoms with Crippen LogP contribution in [0.3, 0.4) is 0 Å². The van der Waals surface area contributed by atoms with Crippen molar-refractivity contribution in [3.05, 3.63) is 29.8 Å². The number of esters is 1. The number of sulfonamides is 1. The maximum Gasteiger partial charge on any atom is 0.338 e. The fourth-order valence-electron chi connectivity index (χ4n) is 4.09. The molecule has 1 aromatic rings. The van der Waals surface area contributed by atoms with E-state index in [0.717, 1.165) is 25.7 Å². The average molecular weight is 423 g/mol. The molecule has 2 aliphatic rings. The number of ether oxygens (including phenoxy) is 1. The highest BCUT2D eigenvalue weighted by atomic mass is 32.2. The predicted octanol–water partition coefficient (Wildman–Crippen LogP) is 2.57. The van der Waals surface area contributed by atoms with Gasteiger partial charge < -0.3 is 10.1 Å². The zero-order valence-electron chi connectivity index (χ0n) is 17.1. The van der Waals surface area contributed by atoms with E-state index in [9.17, 15) is 18.0 Å². The van der Waals surface area contributed by atoms with E-state index in [2.05, 4.69) is 19.2 Å². The highest BCUT2D eigenvalue weighted by Crippen LogP contribution is 2.29. The second-order valence-electron chi connectivity index (χ2n) is 8.15. The molecule has 1 aliphatic carbocycles. The van der Waals surface area contributed by atoms with Crippen molar-refractivity contribution in [1.82, 2.24) is 9.62 Å². The van der Waals surface area contributed by atoms with Gasteiger partial charge in [-0.05, 0) is 55.4 Å². The third kappa shape index (κ3) is 5.17. The summed E-state index contributed by atoms with van der Waals surface area (Å²) in [7, 11) is -3.52. The van der Waals surface area contributed by atoms with Gasteiger partial charge in [-0.1, -0.05) is 26.7 Å². The van der Waals surface area contributed by atoms with Gasteiger partial charge in [0, 0.05) is 19.1 Å². The van der Waals surface area contributed by atoms with Gasteiger partial charge in [0.2, 0.25) is 10.0 Å². The lowest BCUT2D eigenvalue weighted by Crippen LogP contribution is -2.45. The first-order valence-corrected chi connectivity index (χ1v) is 11.8. The maximum absolute atomic E-state index is 12.5. The van der Waals surface area contributed by atoms with Crippen LogP contribution in [-0.2, 0) is 19.6 Å². The summed E-state index contributed by atoms with van der Waals surface area (Å²) in [5.74, 6) is 0.00770. The Balaban J connectivity index is 1.52. The van der Waals surface area contributed by atoms with Gasteiger partial charge in [0.05, 0.1) is 10.5 Å². The number of benzene rings is 1. The number of rotatable bonds is 6. The molecule has 1 saturated carbocycles. The smallest absolute Gasteiger partial charge is 0.338 e. The van der Waals surface area contributed by atoms with Crippen molar-refractivity contribution in [2.75, 3.05) is 19.7 Å². The first-order valence-electron chi connectivity index (χ1n) is 10.4. The van der Waals surface area contributed by atoms with Crippen molar-refractivity contribution in [2.24, 2.45) is 11.8 Å². The molecule has 0 aromatic heterocycles. The monoisotopic (exact) mass is 422 g/mol. The molecule has 0 radical (unpaired) electrons. The van der Waals surface area contributed by atoms with Crippen molar-refractivity contribution in [1.29, 1.82) is 0 Å². The van der Waals surface area contributed by atoms with E-state index in [0.29, 0.717) is 24.9 Å². The quantitative estimate of drug-likeness (QED) is 0.711. The van der Waals surface area contributed by atoms with Crippen LogP contribution in [0.15, 0.2) is 29.2 Å². The topological polar surface area (TPSA) is 92.8 Å². The summed E-state index contributed by atoms with van der Waals surface area (Å²) in [5.41, 5.74) is 0.220. The Morgan fingerprint density at radius 1 is 1.07 bits per heavy atom. The Morgan fingerprint density at radius 3 is 2.38 bits per heavy atom. The molecule has 1 amide bonds. The van der Waals surface area contributed by atoms with E-state index in [1.807, 2.05) is 0 Å². The number of carbonyl (C=O) groups excluding carboxylic acids is 2. The molecule has 7 nitrogen and oxygen atoms in total. The minimum atomic E-state index is -3.52. The maximum atomic E-state index is 12.5. The minimum Gasteiger partial charge on any atom is -0.452 e. The Morgan fingerprint density at radius 2 is 1.72 bits per heavy atom. The van der Waals surface area contributed by atoms with Crippen molar-refractivity contribution in [3.8, 4) is 0 Å². The van der Waals surface area contributed by atoms with Crippen LogP contribution in [-0.4, -0.2) is 50.3 Å². The Hall–Kier alpha value is -1.93. The largest absolute Gasteiger partial charge is 0.452 e. The molecule has 3 atom stereocenters. The van der Waals surface area contributed by atoms with Crippen molar-refractivity contribution < 1.29 is 22.7 Å². The second-order valence-corrected chi connectivity index (χ2v) is 10.1. The molecule has 1 saturated heterocycles. The zero-order chi connectivity index (χ0) is 21.0. The lowest BCUT2D eigenvalue weighted by Gasteiger charge is -2.34. The van der Waals surface area contributed by atoms with Gasteiger partial charge in [-0.15, -0.1) is 0 Å². The number of nitrogens with zero attached hydrogens (tertiary/aromatic N) is 1. The van der Waals surface area contributed by atoms with Gasteiger partial charge in [0.1, 0.15) is 0 Å². The molecule has 0 bridgehead atoms. The van der Waals surface area contributed by atoms with Crippen LogP contribution in [0.25, 0.3) is 0 Å². The van der Waals surface area contributed by atoms with Gasteiger partial charge in [-0.3, -0.25) is 4.79 Å². The molecular formula is C21H30N2O5S. The molecule has 3 rings (SSSR count). The fraction of sp³-hybridized carbons (Fsp3) is 0.619.